The molecule has 24 heavy (non-hydrogen) atoms. The molecule has 0 saturated heterocycles. The molecule has 1 aliphatic heterocycles. The summed E-state index contributed by atoms with van der Waals surface area (Å²) in [5.41, 5.74) is -1.34. The first-order chi connectivity index (χ1) is 11.3. The first-order valence-corrected chi connectivity index (χ1v) is 7.31. The standard InChI is InChI=1S/C17H14F3N3O/c1-11(12-5-3-2-4-6-12)21-15(24)13-7-9-14(10-8-13)16(22-23-16)17(18,19)20/h2-11H,1H3,(H,21,24)/t11-/m0/s1. The molecule has 0 unspecified atom stereocenters. The van der Waals surface area contributed by atoms with Gasteiger partial charge in [0.15, 0.2) is 0 Å². The molecule has 124 valence electrons. The third-order valence-corrected chi connectivity index (χ3v) is 3.89. The lowest BCUT2D eigenvalue weighted by molar-refractivity contribution is -0.166. The van der Waals surface area contributed by atoms with Gasteiger partial charge in [-0.2, -0.15) is 13.2 Å². The van der Waals surface area contributed by atoms with E-state index >= 15 is 0 Å². The third kappa shape index (κ3) is 2.89. The molecule has 4 nitrogen and oxygen atoms in total. The van der Waals surface area contributed by atoms with Gasteiger partial charge in [-0.15, -0.1) is 10.2 Å². The van der Waals surface area contributed by atoms with Crippen LogP contribution in [0, 0.1) is 0 Å². The molecular weight excluding hydrogens is 319 g/mol. The second-order valence-electron chi connectivity index (χ2n) is 5.55. The van der Waals surface area contributed by atoms with E-state index in [0.29, 0.717) is 0 Å². The summed E-state index contributed by atoms with van der Waals surface area (Å²) in [6.45, 7) is 1.84. The smallest absolute Gasteiger partial charge is 0.346 e. The largest absolute Gasteiger partial charge is 0.442 e. The average molecular weight is 333 g/mol. The molecule has 0 aliphatic carbocycles. The van der Waals surface area contributed by atoms with E-state index < -0.39 is 11.8 Å². The Hall–Kier alpha value is -2.70. The predicted octanol–water partition coefficient (Wildman–Crippen LogP) is 4.36. The number of amides is 1. The van der Waals surface area contributed by atoms with E-state index in [-0.39, 0.29) is 23.1 Å². The molecule has 1 amide bonds. The number of nitrogens with one attached hydrogen (secondary N) is 1. The van der Waals surface area contributed by atoms with Gasteiger partial charge in [0, 0.05) is 11.1 Å². The van der Waals surface area contributed by atoms with E-state index in [2.05, 4.69) is 15.5 Å². The lowest BCUT2D eigenvalue weighted by atomic mass is 10.0. The number of hydrogen-bond acceptors (Lipinski definition) is 3. The van der Waals surface area contributed by atoms with E-state index in [1.165, 1.54) is 24.3 Å². The van der Waals surface area contributed by atoms with Gasteiger partial charge in [-0.25, -0.2) is 0 Å². The minimum Gasteiger partial charge on any atom is -0.346 e. The molecule has 7 heteroatoms. The molecule has 0 spiro atoms. The third-order valence-electron chi connectivity index (χ3n) is 3.89. The Morgan fingerprint density at radius 3 is 2.12 bits per heavy atom. The Balaban J connectivity index is 1.71. The first kappa shape index (κ1) is 16.2. The summed E-state index contributed by atoms with van der Waals surface area (Å²) in [6, 6.07) is 14.3. The zero-order valence-corrected chi connectivity index (χ0v) is 12.7. The summed E-state index contributed by atoms with van der Waals surface area (Å²) in [6.07, 6.45) is -4.57. The highest BCUT2D eigenvalue weighted by molar-refractivity contribution is 5.94. The summed E-state index contributed by atoms with van der Waals surface area (Å²) in [7, 11) is 0. The van der Waals surface area contributed by atoms with Crippen LogP contribution in [0.4, 0.5) is 13.2 Å². The maximum atomic E-state index is 12.9. The zero-order valence-electron chi connectivity index (χ0n) is 12.7. The molecule has 0 aromatic heterocycles. The van der Waals surface area contributed by atoms with Crippen LogP contribution in [0.2, 0.25) is 0 Å². The second-order valence-corrected chi connectivity index (χ2v) is 5.55. The SMILES string of the molecule is C[C@H](NC(=O)c1ccc(C2(C(F)(F)F)N=N2)cc1)c1ccccc1. The van der Waals surface area contributed by atoms with E-state index in [9.17, 15) is 18.0 Å². The van der Waals surface area contributed by atoms with Gasteiger partial charge in [0.1, 0.15) is 0 Å². The molecular formula is C17H14F3N3O. The lowest BCUT2D eigenvalue weighted by Gasteiger charge is -2.16. The van der Waals surface area contributed by atoms with Crippen LogP contribution in [0.15, 0.2) is 64.8 Å². The van der Waals surface area contributed by atoms with Crippen molar-refractivity contribution in [1.82, 2.24) is 5.32 Å². The number of carbonyl (C=O) groups excluding carboxylic acids is 1. The van der Waals surface area contributed by atoms with E-state index in [4.69, 9.17) is 0 Å². The maximum absolute atomic E-state index is 12.9. The van der Waals surface area contributed by atoms with Crippen molar-refractivity contribution in [1.29, 1.82) is 0 Å². The van der Waals surface area contributed by atoms with Crippen LogP contribution in [0.1, 0.15) is 34.5 Å². The van der Waals surface area contributed by atoms with E-state index in [1.54, 1.807) is 0 Å². The number of rotatable bonds is 4. The number of hydrogen-bond donors (Lipinski definition) is 1. The van der Waals surface area contributed by atoms with Gasteiger partial charge >= 0.3 is 11.8 Å². The Labute approximate surface area is 136 Å². The summed E-state index contributed by atoms with van der Waals surface area (Å²) in [5, 5.41) is 9.08. The van der Waals surface area contributed by atoms with Gasteiger partial charge in [-0.1, -0.05) is 42.5 Å². The van der Waals surface area contributed by atoms with E-state index in [0.717, 1.165) is 5.56 Å². The fraction of sp³-hybridized carbons (Fsp3) is 0.235. The first-order valence-electron chi connectivity index (χ1n) is 7.31. The van der Waals surface area contributed by atoms with Crippen molar-refractivity contribution in [2.24, 2.45) is 10.2 Å². The van der Waals surface area contributed by atoms with Crippen LogP contribution in [0.5, 0.6) is 0 Å². The molecule has 0 saturated carbocycles. The topological polar surface area (TPSA) is 53.8 Å². The number of halogens is 3. The van der Waals surface area contributed by atoms with Gasteiger partial charge in [-0.05, 0) is 24.6 Å². The molecule has 1 N–H and O–H groups in total. The summed E-state index contributed by atoms with van der Waals surface area (Å²) in [4.78, 5) is 12.2. The highest BCUT2D eigenvalue weighted by Gasteiger charge is 2.65. The molecule has 0 fully saturated rings. The molecule has 1 heterocycles. The number of alkyl halides is 3. The van der Waals surface area contributed by atoms with Gasteiger partial charge < -0.3 is 5.32 Å². The van der Waals surface area contributed by atoms with Crippen molar-refractivity contribution in [3.05, 3.63) is 71.3 Å². The van der Waals surface area contributed by atoms with Crippen LogP contribution in [-0.2, 0) is 5.66 Å². The minimum atomic E-state index is -4.57. The average Bonchev–Trinajstić information content (AvgIpc) is 3.37. The monoisotopic (exact) mass is 333 g/mol. The molecule has 3 rings (SSSR count). The van der Waals surface area contributed by atoms with Crippen LogP contribution in [0.3, 0.4) is 0 Å². The van der Waals surface area contributed by atoms with Crippen LogP contribution in [0.25, 0.3) is 0 Å². The van der Waals surface area contributed by atoms with Crippen molar-refractivity contribution in [2.75, 3.05) is 0 Å². The van der Waals surface area contributed by atoms with Crippen LogP contribution in [-0.4, -0.2) is 12.1 Å². The predicted molar refractivity (Wildman–Crippen MR) is 81.4 cm³/mol. The highest BCUT2D eigenvalue weighted by Crippen LogP contribution is 2.52. The van der Waals surface area contributed by atoms with E-state index in [1.807, 2.05) is 37.3 Å². The Morgan fingerprint density at radius 1 is 1.04 bits per heavy atom. The summed E-state index contributed by atoms with van der Waals surface area (Å²) in [5.74, 6) is -0.358. The number of nitrogens with zero attached hydrogens (tertiary/aromatic N) is 2. The van der Waals surface area contributed by atoms with Crippen LogP contribution < -0.4 is 5.32 Å². The normalized spacial score (nSPS) is 16.5. The molecule has 0 bridgehead atoms. The fourth-order valence-corrected chi connectivity index (χ4v) is 2.40. The van der Waals surface area contributed by atoms with Gasteiger partial charge in [0.2, 0.25) is 0 Å². The molecule has 2 aromatic carbocycles. The lowest BCUT2D eigenvalue weighted by Crippen LogP contribution is -2.30. The van der Waals surface area contributed by atoms with Crippen molar-refractivity contribution in [3.8, 4) is 0 Å². The molecule has 0 radical (unpaired) electrons. The summed E-state index contributed by atoms with van der Waals surface area (Å²) < 4.78 is 38.8. The van der Waals surface area contributed by atoms with Crippen molar-refractivity contribution in [2.45, 2.75) is 24.8 Å². The summed E-state index contributed by atoms with van der Waals surface area (Å²) >= 11 is 0. The van der Waals surface area contributed by atoms with Crippen molar-refractivity contribution >= 4 is 5.91 Å². The maximum Gasteiger partial charge on any atom is 0.442 e. The quantitative estimate of drug-likeness (QED) is 0.888. The van der Waals surface area contributed by atoms with Gasteiger partial charge in [0.25, 0.3) is 5.91 Å². The highest BCUT2D eigenvalue weighted by atomic mass is 19.4. The Morgan fingerprint density at radius 2 is 1.62 bits per heavy atom. The molecule has 1 aliphatic rings. The Bertz CT molecular complexity index is 764. The number of benzene rings is 2. The Kier molecular flexibility index (Phi) is 3.87. The van der Waals surface area contributed by atoms with Crippen molar-refractivity contribution < 1.29 is 18.0 Å². The second kappa shape index (κ2) is 5.74. The zero-order chi connectivity index (χ0) is 17.4. The molecule has 1 atom stereocenters. The number of carbonyl (C=O) groups is 1. The van der Waals surface area contributed by atoms with Gasteiger partial charge in [0.05, 0.1) is 6.04 Å². The fourth-order valence-electron chi connectivity index (χ4n) is 2.40. The van der Waals surface area contributed by atoms with Gasteiger partial charge in [-0.3, -0.25) is 4.79 Å². The van der Waals surface area contributed by atoms with Crippen LogP contribution >= 0.6 is 0 Å². The molecule has 2 aromatic rings. The van der Waals surface area contributed by atoms with Crippen molar-refractivity contribution in [3.63, 3.8) is 0 Å². The minimum absolute atomic E-state index is 0.0948.